The Kier molecular flexibility index (Phi) is 10.9. The number of unbranched alkanes of at least 4 members (excludes halogenated alkanes) is 1. The molecule has 1 aromatic carbocycles. The van der Waals surface area contributed by atoms with Gasteiger partial charge in [-0.15, -0.1) is 0 Å². The molecular weight excluding hydrogens is 473 g/mol. The maximum atomic E-state index is 12.8. The molecule has 1 unspecified atom stereocenters. The summed E-state index contributed by atoms with van der Waals surface area (Å²) in [5.74, 6) is 5.37. The molecule has 6 N–H and O–H groups in total. The van der Waals surface area contributed by atoms with Crippen molar-refractivity contribution in [2.45, 2.75) is 38.4 Å². The van der Waals surface area contributed by atoms with Crippen molar-refractivity contribution < 1.29 is 18.0 Å². The minimum atomic E-state index is -4.50. The molecule has 0 fully saturated rings. The molecule has 0 aliphatic rings. The van der Waals surface area contributed by atoms with E-state index in [2.05, 4.69) is 22.4 Å². The number of nitrogens with two attached hydrogens (primary N) is 2. The summed E-state index contributed by atoms with van der Waals surface area (Å²) in [7, 11) is 0. The first-order valence-electron chi connectivity index (χ1n) is 11.3. The molecule has 1 aromatic heterocycles. The van der Waals surface area contributed by atoms with Crippen molar-refractivity contribution >= 4 is 5.91 Å². The molecule has 0 saturated heterocycles. The number of halogens is 3. The van der Waals surface area contributed by atoms with Crippen LogP contribution in [0.1, 0.15) is 42.5 Å². The highest BCUT2D eigenvalue weighted by Crippen LogP contribution is 2.28. The summed E-state index contributed by atoms with van der Waals surface area (Å²) in [5.41, 5.74) is 13.3. The molecule has 0 aliphatic carbocycles. The number of nitrogens with zero attached hydrogens (tertiary/aromatic N) is 4. The number of amides is 1. The van der Waals surface area contributed by atoms with Gasteiger partial charge in [0.25, 0.3) is 5.91 Å². The molecular formula is C24H31F3N8O. The molecule has 12 heteroatoms. The molecule has 9 nitrogen and oxygen atoms in total. The van der Waals surface area contributed by atoms with E-state index in [0.717, 1.165) is 23.9 Å². The van der Waals surface area contributed by atoms with E-state index in [1.807, 2.05) is 36.4 Å². The Morgan fingerprint density at radius 3 is 2.58 bits per heavy atom. The minimum Gasteiger partial charge on any atom is -0.393 e. The van der Waals surface area contributed by atoms with Crippen molar-refractivity contribution in [1.29, 1.82) is 5.53 Å². The van der Waals surface area contributed by atoms with Crippen LogP contribution in [0.15, 0.2) is 78.1 Å². The van der Waals surface area contributed by atoms with E-state index < -0.39 is 17.6 Å². The first kappa shape index (κ1) is 28.3. The number of hydrogen-bond acceptors (Lipinski definition) is 7. The summed E-state index contributed by atoms with van der Waals surface area (Å²) in [6, 6.07) is 11.7. The number of pyridine rings is 1. The van der Waals surface area contributed by atoms with E-state index in [-0.39, 0.29) is 23.9 Å². The third kappa shape index (κ3) is 9.74. The zero-order chi connectivity index (χ0) is 26.6. The van der Waals surface area contributed by atoms with Gasteiger partial charge in [-0.2, -0.15) is 18.7 Å². The summed E-state index contributed by atoms with van der Waals surface area (Å²) in [4.78, 5) is 16.0. The van der Waals surface area contributed by atoms with Crippen LogP contribution in [0.5, 0.6) is 0 Å². The van der Waals surface area contributed by atoms with E-state index in [1.165, 1.54) is 16.2 Å². The minimum absolute atomic E-state index is 0.0483. The molecule has 0 bridgehead atoms. The highest BCUT2D eigenvalue weighted by molar-refractivity contribution is 5.92. The first-order chi connectivity index (χ1) is 17.1. The maximum absolute atomic E-state index is 12.8. The summed E-state index contributed by atoms with van der Waals surface area (Å²) in [6.07, 6.45) is 2.85. The fraction of sp³-hybridized carbons (Fsp3) is 0.333. The van der Waals surface area contributed by atoms with Crippen molar-refractivity contribution in [3.63, 3.8) is 0 Å². The highest BCUT2D eigenvalue weighted by Gasteiger charge is 2.30. The van der Waals surface area contributed by atoms with Gasteiger partial charge in [-0.1, -0.05) is 48.6 Å². The molecule has 194 valence electrons. The van der Waals surface area contributed by atoms with Crippen LogP contribution >= 0.6 is 0 Å². The Labute approximate surface area is 208 Å². The number of rotatable bonds is 13. The normalized spacial score (nSPS) is 12.9. The van der Waals surface area contributed by atoms with Gasteiger partial charge in [0, 0.05) is 37.6 Å². The number of alkyl halides is 3. The third-order valence-electron chi connectivity index (χ3n) is 5.20. The molecule has 1 amide bonds. The fourth-order valence-corrected chi connectivity index (χ4v) is 3.15. The molecule has 0 saturated carbocycles. The van der Waals surface area contributed by atoms with Crippen LogP contribution < -0.4 is 16.9 Å². The lowest BCUT2D eigenvalue weighted by Crippen LogP contribution is -2.33. The lowest BCUT2D eigenvalue weighted by molar-refractivity contribution is -0.137. The average molecular weight is 505 g/mol. The summed E-state index contributed by atoms with van der Waals surface area (Å²) >= 11 is 0. The number of carbonyl (C=O) groups excluding carboxylic acids is 1. The molecule has 0 radical (unpaired) electrons. The SMILES string of the molecule is CC(/C=C/N(CCCCN(N)/C=C(\N)C(=O)NCc1cc(C(F)(F)F)ccn1)N=N)c1ccccc1. The van der Waals surface area contributed by atoms with E-state index in [1.54, 1.807) is 6.20 Å². The number of nitrogens with one attached hydrogen (secondary N) is 2. The molecule has 0 spiro atoms. The lowest BCUT2D eigenvalue weighted by Gasteiger charge is -2.17. The van der Waals surface area contributed by atoms with Crippen molar-refractivity contribution in [2.24, 2.45) is 16.8 Å². The highest BCUT2D eigenvalue weighted by atomic mass is 19.4. The molecule has 0 aliphatic heterocycles. The predicted octanol–water partition coefficient (Wildman–Crippen LogP) is 4.04. The van der Waals surface area contributed by atoms with Crippen molar-refractivity contribution in [3.05, 3.63) is 89.7 Å². The van der Waals surface area contributed by atoms with Crippen LogP contribution in [-0.2, 0) is 17.5 Å². The zero-order valence-corrected chi connectivity index (χ0v) is 19.9. The van der Waals surface area contributed by atoms with Gasteiger partial charge in [-0.25, -0.2) is 5.84 Å². The van der Waals surface area contributed by atoms with Gasteiger partial charge in [0.05, 0.1) is 17.8 Å². The second-order valence-electron chi connectivity index (χ2n) is 8.05. The van der Waals surface area contributed by atoms with Crippen LogP contribution in [0.2, 0.25) is 0 Å². The predicted molar refractivity (Wildman–Crippen MR) is 129 cm³/mol. The van der Waals surface area contributed by atoms with Crippen molar-refractivity contribution in [1.82, 2.24) is 20.3 Å². The maximum Gasteiger partial charge on any atom is 0.416 e. The molecule has 2 rings (SSSR count). The van der Waals surface area contributed by atoms with Crippen LogP contribution in [-0.4, -0.2) is 34.0 Å². The molecule has 2 aromatic rings. The summed E-state index contributed by atoms with van der Waals surface area (Å²) in [5, 5.41) is 8.71. The van der Waals surface area contributed by atoms with Gasteiger partial charge < -0.3 is 16.1 Å². The number of hydrazine groups is 1. The van der Waals surface area contributed by atoms with Crippen molar-refractivity contribution in [2.75, 3.05) is 13.1 Å². The van der Waals surface area contributed by atoms with Crippen LogP contribution in [0, 0.1) is 5.53 Å². The number of hydrogen-bond donors (Lipinski definition) is 4. The molecule has 36 heavy (non-hydrogen) atoms. The Balaban J connectivity index is 1.74. The zero-order valence-electron chi connectivity index (χ0n) is 19.9. The van der Waals surface area contributed by atoms with Crippen LogP contribution in [0.3, 0.4) is 0 Å². The van der Waals surface area contributed by atoms with Crippen LogP contribution in [0.4, 0.5) is 13.2 Å². The second kappa shape index (κ2) is 13.8. The Hall–Kier alpha value is -3.93. The fourth-order valence-electron chi connectivity index (χ4n) is 3.15. The Morgan fingerprint density at radius 1 is 1.22 bits per heavy atom. The Morgan fingerprint density at radius 2 is 1.92 bits per heavy atom. The quantitative estimate of drug-likeness (QED) is 0.107. The summed E-state index contributed by atoms with van der Waals surface area (Å²) < 4.78 is 38.3. The average Bonchev–Trinajstić information content (AvgIpc) is 2.86. The Bertz CT molecular complexity index is 1040. The van der Waals surface area contributed by atoms with E-state index in [0.29, 0.717) is 25.9 Å². The van der Waals surface area contributed by atoms with Gasteiger partial charge in [-0.05, 0) is 30.5 Å². The van der Waals surface area contributed by atoms with Gasteiger partial charge in [-0.3, -0.25) is 14.8 Å². The standard InChI is InChI=1S/C24H31F3N8O/c1-18(19-7-3-2-4-8-19)10-14-35(33-29)13-6-5-12-34(30)17-22(28)23(36)32-16-21-15-20(9-11-31-21)24(25,26)27/h2-4,7-11,14-15,17-18,29H,5-6,12-13,16,28,30H2,1H3,(H,32,36)/b14-10+,22-17-,33-29?. The molecule has 1 atom stereocenters. The summed E-state index contributed by atoms with van der Waals surface area (Å²) in [6.45, 7) is 2.74. The lowest BCUT2D eigenvalue weighted by atomic mass is 10.0. The van der Waals surface area contributed by atoms with E-state index >= 15 is 0 Å². The van der Waals surface area contributed by atoms with Crippen LogP contribution in [0.25, 0.3) is 0 Å². The second-order valence-corrected chi connectivity index (χ2v) is 8.05. The van der Waals surface area contributed by atoms with E-state index in [9.17, 15) is 18.0 Å². The van der Waals surface area contributed by atoms with Gasteiger partial charge in [0.1, 0.15) is 5.70 Å². The first-order valence-corrected chi connectivity index (χ1v) is 11.3. The number of carbonyl (C=O) groups is 1. The largest absolute Gasteiger partial charge is 0.416 e. The monoisotopic (exact) mass is 504 g/mol. The van der Waals surface area contributed by atoms with Gasteiger partial charge in [0.2, 0.25) is 0 Å². The number of aromatic nitrogens is 1. The molecule has 1 heterocycles. The smallest absolute Gasteiger partial charge is 0.393 e. The van der Waals surface area contributed by atoms with Crippen molar-refractivity contribution in [3.8, 4) is 0 Å². The van der Waals surface area contributed by atoms with Gasteiger partial charge in [0.15, 0.2) is 0 Å². The topological polar surface area (TPSA) is 137 Å². The van der Waals surface area contributed by atoms with Gasteiger partial charge >= 0.3 is 6.18 Å². The number of benzene rings is 1. The third-order valence-corrected chi connectivity index (χ3v) is 5.20. The number of allylic oxidation sites excluding steroid dienone is 1. The van der Waals surface area contributed by atoms with E-state index in [4.69, 9.17) is 17.1 Å².